The summed E-state index contributed by atoms with van der Waals surface area (Å²) in [6.07, 6.45) is 0.164. The minimum atomic E-state index is -0.805. The molecule has 1 saturated heterocycles. The second-order valence-corrected chi connectivity index (χ2v) is 7.87. The molecule has 3 aromatic rings. The number of rotatable bonds is 7. The van der Waals surface area contributed by atoms with Crippen LogP contribution in [0.5, 0.6) is 0 Å². The Bertz CT molecular complexity index is 997. The Balaban J connectivity index is 1.36. The van der Waals surface area contributed by atoms with E-state index in [1.54, 1.807) is 0 Å². The van der Waals surface area contributed by atoms with Gasteiger partial charge in [-0.3, -0.25) is 4.79 Å². The third-order valence-electron chi connectivity index (χ3n) is 5.74. The van der Waals surface area contributed by atoms with Gasteiger partial charge in [0.2, 0.25) is 0 Å². The molecule has 1 aliphatic heterocycles. The first-order valence-corrected chi connectivity index (χ1v) is 10.5. The molecule has 1 unspecified atom stereocenters. The molecule has 1 aliphatic rings. The lowest BCUT2D eigenvalue weighted by molar-refractivity contribution is -0.136. The van der Waals surface area contributed by atoms with Gasteiger partial charge in [-0.05, 0) is 41.0 Å². The number of hydrogen-bond donors (Lipinski definition) is 2. The summed E-state index contributed by atoms with van der Waals surface area (Å²) in [6, 6.07) is 23.0. The molecule has 0 spiro atoms. The smallest absolute Gasteiger partial charge is 0.307 e. The van der Waals surface area contributed by atoms with Crippen LogP contribution in [-0.4, -0.2) is 43.4 Å². The van der Waals surface area contributed by atoms with Crippen molar-refractivity contribution in [1.82, 2.24) is 5.32 Å². The fourth-order valence-electron chi connectivity index (χ4n) is 4.12. The summed E-state index contributed by atoms with van der Waals surface area (Å²) >= 11 is 0. The summed E-state index contributed by atoms with van der Waals surface area (Å²) in [5, 5.41) is 15.1. The van der Waals surface area contributed by atoms with Crippen molar-refractivity contribution < 1.29 is 14.6 Å². The molecule has 3 aromatic carbocycles. The van der Waals surface area contributed by atoms with Gasteiger partial charge in [-0.2, -0.15) is 0 Å². The highest BCUT2D eigenvalue weighted by Gasteiger charge is 2.21. The number of nitrogens with zero attached hydrogens (tertiary/aromatic N) is 1. The van der Waals surface area contributed by atoms with Gasteiger partial charge in [0, 0.05) is 31.4 Å². The molecule has 2 atom stereocenters. The minimum Gasteiger partial charge on any atom is -0.481 e. The largest absolute Gasteiger partial charge is 0.481 e. The maximum atomic E-state index is 10.9. The minimum absolute atomic E-state index is 0.0575. The predicted octanol–water partition coefficient (Wildman–Crippen LogP) is 4.02. The van der Waals surface area contributed by atoms with Crippen LogP contribution < -0.4 is 10.2 Å². The number of carboxylic acids is 1. The molecule has 0 amide bonds. The molecule has 156 valence electrons. The van der Waals surface area contributed by atoms with Crippen LogP contribution >= 0.6 is 0 Å². The second-order valence-electron chi connectivity index (χ2n) is 7.87. The number of benzene rings is 3. The van der Waals surface area contributed by atoms with E-state index in [1.807, 2.05) is 24.3 Å². The molecule has 0 radical (unpaired) electrons. The van der Waals surface area contributed by atoms with Crippen molar-refractivity contribution in [3.63, 3.8) is 0 Å². The van der Waals surface area contributed by atoms with Crippen LogP contribution in [0, 0.1) is 0 Å². The summed E-state index contributed by atoms with van der Waals surface area (Å²) in [5.41, 5.74) is 3.23. The van der Waals surface area contributed by atoms with Gasteiger partial charge in [0.05, 0.1) is 19.1 Å². The zero-order valence-corrected chi connectivity index (χ0v) is 17.3. The number of carbonyl (C=O) groups is 1. The average Bonchev–Trinajstić information content (AvgIpc) is 2.77. The SMILES string of the molecule is C[C@@H](NCC1CN(c2ccc(CC(=O)O)cc2)CCO1)c1cccc2ccccc12. The molecular formula is C25H28N2O3. The molecule has 4 rings (SSSR count). The van der Waals surface area contributed by atoms with Gasteiger partial charge in [0.25, 0.3) is 0 Å². The Labute approximate surface area is 177 Å². The maximum absolute atomic E-state index is 10.9. The Kier molecular flexibility index (Phi) is 6.31. The van der Waals surface area contributed by atoms with Crippen molar-refractivity contribution in [2.45, 2.75) is 25.5 Å². The van der Waals surface area contributed by atoms with Crippen molar-refractivity contribution in [1.29, 1.82) is 0 Å². The maximum Gasteiger partial charge on any atom is 0.307 e. The number of nitrogens with one attached hydrogen (secondary N) is 1. The van der Waals surface area contributed by atoms with Crippen LogP contribution in [0.25, 0.3) is 10.8 Å². The lowest BCUT2D eigenvalue weighted by Gasteiger charge is -2.35. The number of ether oxygens (including phenoxy) is 1. The zero-order valence-electron chi connectivity index (χ0n) is 17.3. The van der Waals surface area contributed by atoms with Crippen LogP contribution in [0.4, 0.5) is 5.69 Å². The van der Waals surface area contributed by atoms with Crippen molar-refractivity contribution in [3.8, 4) is 0 Å². The summed E-state index contributed by atoms with van der Waals surface area (Å²) in [4.78, 5) is 13.2. The van der Waals surface area contributed by atoms with E-state index < -0.39 is 5.97 Å². The summed E-state index contributed by atoms with van der Waals surface area (Å²) in [6.45, 7) is 5.31. The molecule has 5 nitrogen and oxygen atoms in total. The van der Waals surface area contributed by atoms with Crippen LogP contribution in [-0.2, 0) is 16.0 Å². The van der Waals surface area contributed by atoms with E-state index in [4.69, 9.17) is 9.84 Å². The van der Waals surface area contributed by atoms with Gasteiger partial charge in [0.1, 0.15) is 0 Å². The number of morpholine rings is 1. The van der Waals surface area contributed by atoms with E-state index in [-0.39, 0.29) is 18.6 Å². The normalized spacial score (nSPS) is 17.8. The van der Waals surface area contributed by atoms with Crippen LogP contribution in [0.15, 0.2) is 66.7 Å². The number of anilines is 1. The first kappa shape index (κ1) is 20.4. The number of hydrogen-bond acceptors (Lipinski definition) is 4. The highest BCUT2D eigenvalue weighted by molar-refractivity contribution is 5.86. The van der Waals surface area contributed by atoms with Crippen LogP contribution in [0.2, 0.25) is 0 Å². The number of aliphatic carboxylic acids is 1. The standard InChI is InChI=1S/C25H28N2O3/c1-18(23-8-4-6-20-5-2-3-7-24(20)23)26-16-22-17-27(13-14-30-22)21-11-9-19(10-12-21)15-25(28)29/h2-12,18,22,26H,13-17H2,1H3,(H,28,29)/t18-,22?/m1/s1. The zero-order chi connectivity index (χ0) is 20.9. The predicted molar refractivity (Wildman–Crippen MR) is 120 cm³/mol. The van der Waals surface area contributed by atoms with E-state index in [2.05, 4.69) is 59.6 Å². The average molecular weight is 405 g/mol. The van der Waals surface area contributed by atoms with Gasteiger partial charge in [-0.15, -0.1) is 0 Å². The van der Waals surface area contributed by atoms with E-state index in [0.717, 1.165) is 30.9 Å². The number of fused-ring (bicyclic) bond motifs is 1. The van der Waals surface area contributed by atoms with Gasteiger partial charge in [-0.1, -0.05) is 54.6 Å². The molecule has 0 aliphatic carbocycles. The van der Waals surface area contributed by atoms with Crippen molar-refractivity contribution in [2.75, 3.05) is 31.1 Å². The van der Waals surface area contributed by atoms with Crippen molar-refractivity contribution in [3.05, 3.63) is 77.9 Å². The van der Waals surface area contributed by atoms with E-state index in [9.17, 15) is 4.79 Å². The first-order chi connectivity index (χ1) is 14.6. The summed E-state index contributed by atoms with van der Waals surface area (Å²) < 4.78 is 6.00. The summed E-state index contributed by atoms with van der Waals surface area (Å²) in [5.74, 6) is -0.805. The fourth-order valence-corrected chi connectivity index (χ4v) is 4.12. The van der Waals surface area contributed by atoms with E-state index >= 15 is 0 Å². The molecule has 0 saturated carbocycles. The third kappa shape index (κ3) is 4.81. The van der Waals surface area contributed by atoms with E-state index in [0.29, 0.717) is 6.61 Å². The Hall–Kier alpha value is -2.89. The molecule has 5 heteroatoms. The molecule has 1 heterocycles. The van der Waals surface area contributed by atoms with Gasteiger partial charge < -0.3 is 20.1 Å². The van der Waals surface area contributed by atoms with Gasteiger partial charge in [-0.25, -0.2) is 0 Å². The lowest BCUT2D eigenvalue weighted by atomic mass is 9.99. The lowest BCUT2D eigenvalue weighted by Crippen LogP contribution is -2.47. The molecule has 2 N–H and O–H groups in total. The first-order valence-electron chi connectivity index (χ1n) is 10.5. The second kappa shape index (κ2) is 9.28. The van der Waals surface area contributed by atoms with E-state index in [1.165, 1.54) is 16.3 Å². The highest BCUT2D eigenvalue weighted by Crippen LogP contribution is 2.24. The quantitative estimate of drug-likeness (QED) is 0.623. The van der Waals surface area contributed by atoms with Crippen molar-refractivity contribution in [2.24, 2.45) is 0 Å². The Morgan fingerprint density at radius 3 is 2.70 bits per heavy atom. The monoisotopic (exact) mass is 404 g/mol. The molecule has 30 heavy (non-hydrogen) atoms. The van der Waals surface area contributed by atoms with Gasteiger partial charge in [0.15, 0.2) is 0 Å². The Morgan fingerprint density at radius 1 is 1.13 bits per heavy atom. The topological polar surface area (TPSA) is 61.8 Å². The van der Waals surface area contributed by atoms with Crippen LogP contribution in [0.3, 0.4) is 0 Å². The molecule has 0 aromatic heterocycles. The highest BCUT2D eigenvalue weighted by atomic mass is 16.5. The molecule has 0 bridgehead atoms. The fraction of sp³-hybridized carbons (Fsp3) is 0.320. The third-order valence-corrected chi connectivity index (χ3v) is 5.74. The van der Waals surface area contributed by atoms with Crippen LogP contribution in [0.1, 0.15) is 24.1 Å². The number of carboxylic acid groups (broad SMARTS) is 1. The van der Waals surface area contributed by atoms with Crippen molar-refractivity contribution >= 4 is 22.4 Å². The molecular weight excluding hydrogens is 376 g/mol. The molecule has 1 fully saturated rings. The van der Waals surface area contributed by atoms with Gasteiger partial charge >= 0.3 is 5.97 Å². The Morgan fingerprint density at radius 2 is 1.90 bits per heavy atom. The summed E-state index contributed by atoms with van der Waals surface area (Å²) in [7, 11) is 0.